The van der Waals surface area contributed by atoms with Gasteiger partial charge in [0.05, 0.1) is 11.7 Å². The van der Waals surface area contributed by atoms with E-state index < -0.39 is 0 Å². The fourth-order valence-corrected chi connectivity index (χ4v) is 3.35. The average molecular weight is 311 g/mol. The first-order valence-electron chi connectivity index (χ1n) is 5.61. The summed E-state index contributed by atoms with van der Waals surface area (Å²) in [5, 5.41) is 7.76. The molecular formula is C13H15BrN2S. The molecule has 1 unspecified atom stereocenters. The van der Waals surface area contributed by atoms with Crippen molar-refractivity contribution >= 4 is 27.3 Å². The van der Waals surface area contributed by atoms with Gasteiger partial charge in [-0.1, -0.05) is 13.0 Å². The maximum absolute atomic E-state index is 4.61. The van der Waals surface area contributed by atoms with Gasteiger partial charge in [-0.05, 0) is 52.5 Å². The summed E-state index contributed by atoms with van der Waals surface area (Å²) in [4.78, 5) is 4.61. The van der Waals surface area contributed by atoms with Gasteiger partial charge in [-0.25, -0.2) is 0 Å². The summed E-state index contributed by atoms with van der Waals surface area (Å²) in [6.07, 6.45) is 0. The summed E-state index contributed by atoms with van der Waals surface area (Å²) in [5.74, 6) is 0. The first-order chi connectivity index (χ1) is 8.22. The number of aryl methyl sites for hydroxylation is 1. The molecule has 0 amide bonds. The van der Waals surface area contributed by atoms with E-state index in [0.717, 1.165) is 22.4 Å². The van der Waals surface area contributed by atoms with Gasteiger partial charge < -0.3 is 5.32 Å². The number of hydrogen-bond acceptors (Lipinski definition) is 3. The van der Waals surface area contributed by atoms with Crippen LogP contribution >= 0.6 is 27.3 Å². The fraction of sp³-hybridized carbons (Fsp3) is 0.308. The van der Waals surface area contributed by atoms with Crippen LogP contribution in [0, 0.1) is 6.92 Å². The monoisotopic (exact) mass is 310 g/mol. The number of aromatic nitrogens is 1. The number of nitrogens with one attached hydrogen (secondary N) is 1. The molecule has 0 fully saturated rings. The lowest BCUT2D eigenvalue weighted by atomic mass is 10.1. The van der Waals surface area contributed by atoms with E-state index in [-0.39, 0.29) is 6.04 Å². The Bertz CT molecular complexity index is 496. The Kier molecular flexibility index (Phi) is 4.31. The Morgan fingerprint density at radius 1 is 1.41 bits per heavy atom. The highest BCUT2D eigenvalue weighted by Gasteiger charge is 2.17. The molecule has 0 saturated heterocycles. The molecule has 0 bridgehead atoms. The van der Waals surface area contributed by atoms with Crippen LogP contribution in [0.1, 0.15) is 29.9 Å². The molecule has 0 aliphatic rings. The summed E-state index contributed by atoms with van der Waals surface area (Å²) in [6.45, 7) is 5.06. The van der Waals surface area contributed by atoms with Gasteiger partial charge in [0, 0.05) is 15.5 Å². The minimum atomic E-state index is 0.167. The zero-order valence-electron chi connectivity index (χ0n) is 9.90. The average Bonchev–Trinajstić information content (AvgIpc) is 2.72. The van der Waals surface area contributed by atoms with E-state index in [1.54, 1.807) is 11.3 Å². The third-order valence-corrected chi connectivity index (χ3v) is 4.32. The second kappa shape index (κ2) is 5.76. The van der Waals surface area contributed by atoms with Crippen molar-refractivity contribution in [1.82, 2.24) is 10.3 Å². The van der Waals surface area contributed by atoms with Crippen LogP contribution in [0.25, 0.3) is 0 Å². The van der Waals surface area contributed by atoms with Gasteiger partial charge in [0.2, 0.25) is 0 Å². The topological polar surface area (TPSA) is 24.9 Å². The van der Waals surface area contributed by atoms with Crippen molar-refractivity contribution in [3.63, 3.8) is 0 Å². The van der Waals surface area contributed by atoms with Crippen LogP contribution in [0.3, 0.4) is 0 Å². The van der Waals surface area contributed by atoms with Crippen molar-refractivity contribution in [3.8, 4) is 0 Å². The first-order valence-corrected chi connectivity index (χ1v) is 7.34. The fourth-order valence-electron chi connectivity index (χ4n) is 1.80. The molecule has 0 aliphatic carbocycles. The number of nitrogens with zero attached hydrogens (tertiary/aromatic N) is 1. The zero-order valence-corrected chi connectivity index (χ0v) is 12.3. The molecule has 2 aromatic rings. The highest BCUT2D eigenvalue weighted by molar-refractivity contribution is 9.10. The van der Waals surface area contributed by atoms with Crippen LogP contribution in [0.15, 0.2) is 33.4 Å². The lowest BCUT2D eigenvalue weighted by Crippen LogP contribution is -2.23. The lowest BCUT2D eigenvalue weighted by Gasteiger charge is -2.17. The zero-order chi connectivity index (χ0) is 12.3. The third kappa shape index (κ3) is 2.94. The van der Waals surface area contributed by atoms with Crippen LogP contribution in [-0.4, -0.2) is 11.5 Å². The first kappa shape index (κ1) is 12.7. The Morgan fingerprint density at radius 3 is 2.82 bits per heavy atom. The Labute approximate surface area is 114 Å². The van der Waals surface area contributed by atoms with Gasteiger partial charge in [-0.2, -0.15) is 11.3 Å². The van der Waals surface area contributed by atoms with E-state index >= 15 is 0 Å². The third-order valence-electron chi connectivity index (χ3n) is 2.57. The number of hydrogen-bond donors (Lipinski definition) is 1. The quantitative estimate of drug-likeness (QED) is 0.926. The van der Waals surface area contributed by atoms with E-state index in [0.29, 0.717) is 0 Å². The normalized spacial score (nSPS) is 12.6. The second-order valence-corrected chi connectivity index (χ2v) is 5.47. The maximum Gasteiger partial charge on any atom is 0.0770 e. The van der Waals surface area contributed by atoms with E-state index in [1.165, 1.54) is 5.56 Å². The molecule has 90 valence electrons. The van der Waals surface area contributed by atoms with Crippen LogP contribution in [0.2, 0.25) is 0 Å². The van der Waals surface area contributed by atoms with Crippen LogP contribution < -0.4 is 5.32 Å². The predicted molar refractivity (Wildman–Crippen MR) is 76.5 cm³/mol. The number of pyridine rings is 1. The second-order valence-electron chi connectivity index (χ2n) is 3.87. The Morgan fingerprint density at radius 2 is 2.24 bits per heavy atom. The molecule has 0 saturated carbocycles. The molecule has 1 atom stereocenters. The molecule has 2 heterocycles. The molecule has 0 spiro atoms. The van der Waals surface area contributed by atoms with Crippen molar-refractivity contribution in [1.29, 1.82) is 0 Å². The van der Waals surface area contributed by atoms with Crippen molar-refractivity contribution in [2.75, 3.05) is 6.54 Å². The molecule has 1 N–H and O–H groups in total. The van der Waals surface area contributed by atoms with E-state index in [4.69, 9.17) is 0 Å². The minimum Gasteiger partial charge on any atom is -0.305 e. The summed E-state index contributed by atoms with van der Waals surface area (Å²) in [7, 11) is 0. The van der Waals surface area contributed by atoms with Gasteiger partial charge in [0.15, 0.2) is 0 Å². The summed E-state index contributed by atoms with van der Waals surface area (Å²) in [6, 6.07) is 6.32. The van der Waals surface area contributed by atoms with Crippen molar-refractivity contribution in [2.45, 2.75) is 19.9 Å². The molecule has 4 heteroatoms. The van der Waals surface area contributed by atoms with Gasteiger partial charge in [0.1, 0.15) is 0 Å². The number of rotatable bonds is 4. The van der Waals surface area contributed by atoms with Gasteiger partial charge in [-0.15, -0.1) is 0 Å². The molecule has 0 aromatic carbocycles. The molecule has 0 radical (unpaired) electrons. The molecule has 17 heavy (non-hydrogen) atoms. The van der Waals surface area contributed by atoms with Gasteiger partial charge >= 0.3 is 0 Å². The SMILES string of the molecule is CCNC(c1cccc(C)n1)c1cscc1Br. The summed E-state index contributed by atoms with van der Waals surface area (Å²) in [5.41, 5.74) is 3.39. The number of halogens is 1. The lowest BCUT2D eigenvalue weighted by molar-refractivity contribution is 0.614. The Balaban J connectivity index is 2.39. The highest BCUT2D eigenvalue weighted by Crippen LogP contribution is 2.30. The molecule has 2 rings (SSSR count). The minimum absolute atomic E-state index is 0.167. The standard InChI is InChI=1S/C13H15BrN2S/c1-3-15-13(10-7-17-8-11(10)14)12-6-4-5-9(2)16-12/h4-8,13,15H,3H2,1-2H3. The van der Waals surface area contributed by atoms with E-state index in [2.05, 4.69) is 56.0 Å². The van der Waals surface area contributed by atoms with Crippen molar-refractivity contribution in [3.05, 3.63) is 50.4 Å². The Hall–Kier alpha value is -0.710. The predicted octanol–water partition coefficient (Wildman–Crippen LogP) is 3.91. The molecule has 2 nitrogen and oxygen atoms in total. The van der Waals surface area contributed by atoms with Crippen molar-refractivity contribution < 1.29 is 0 Å². The smallest absolute Gasteiger partial charge is 0.0770 e. The summed E-state index contributed by atoms with van der Waals surface area (Å²) < 4.78 is 1.15. The van der Waals surface area contributed by atoms with Crippen LogP contribution in [-0.2, 0) is 0 Å². The van der Waals surface area contributed by atoms with Crippen molar-refractivity contribution in [2.24, 2.45) is 0 Å². The molecule has 0 aliphatic heterocycles. The summed E-state index contributed by atoms with van der Waals surface area (Å²) >= 11 is 5.30. The highest BCUT2D eigenvalue weighted by atomic mass is 79.9. The van der Waals surface area contributed by atoms with E-state index in [9.17, 15) is 0 Å². The van der Waals surface area contributed by atoms with Gasteiger partial charge in [-0.3, -0.25) is 4.98 Å². The van der Waals surface area contributed by atoms with E-state index in [1.807, 2.05) is 13.0 Å². The van der Waals surface area contributed by atoms with Gasteiger partial charge in [0.25, 0.3) is 0 Å². The largest absolute Gasteiger partial charge is 0.305 e. The molecular weight excluding hydrogens is 296 g/mol. The van der Waals surface area contributed by atoms with Crippen LogP contribution in [0.5, 0.6) is 0 Å². The number of thiophene rings is 1. The van der Waals surface area contributed by atoms with Crippen LogP contribution in [0.4, 0.5) is 0 Å². The maximum atomic E-state index is 4.61. The molecule has 2 aromatic heterocycles.